The first-order valence-electron chi connectivity index (χ1n) is 10.7. The van der Waals surface area contributed by atoms with Crippen molar-refractivity contribution in [3.8, 4) is 34.2 Å². The van der Waals surface area contributed by atoms with Crippen molar-refractivity contribution in [3.05, 3.63) is 83.2 Å². The lowest BCUT2D eigenvalue weighted by atomic mass is 9.89. The fourth-order valence-electron chi connectivity index (χ4n) is 4.09. The number of nitrogens with one attached hydrogen (secondary N) is 1. The van der Waals surface area contributed by atoms with Gasteiger partial charge in [-0.2, -0.15) is 0 Å². The maximum absolute atomic E-state index is 12.5. The first-order valence-corrected chi connectivity index (χ1v) is 10.7. The van der Waals surface area contributed by atoms with Crippen molar-refractivity contribution in [1.29, 1.82) is 5.41 Å². The topological polar surface area (TPSA) is 172 Å². The SMILES string of the molecule is N=c1ccc2c(-c3cc(CC(=O)On4c(O)ccc4O)ccc3C(=O)O)c3ccc(N)cc3oc-2c1. The highest BCUT2D eigenvalue weighted by molar-refractivity contribution is 6.08. The van der Waals surface area contributed by atoms with Crippen molar-refractivity contribution >= 4 is 28.6 Å². The van der Waals surface area contributed by atoms with Gasteiger partial charge in [0.1, 0.15) is 11.3 Å². The molecule has 0 saturated heterocycles. The number of nitrogens with two attached hydrogens (primary N) is 1. The van der Waals surface area contributed by atoms with Gasteiger partial charge in [0, 0.05) is 46.5 Å². The van der Waals surface area contributed by atoms with Crippen molar-refractivity contribution in [2.75, 3.05) is 5.73 Å². The van der Waals surface area contributed by atoms with Crippen LogP contribution in [0, 0.1) is 5.41 Å². The average molecular weight is 485 g/mol. The third-order valence-electron chi connectivity index (χ3n) is 5.67. The molecule has 180 valence electrons. The molecule has 0 unspecified atom stereocenters. The maximum Gasteiger partial charge on any atom is 0.337 e. The molecule has 6 N–H and O–H groups in total. The molecular formula is C26H19N3O7. The number of nitrogens with zero attached hydrogens (tertiary/aromatic N) is 1. The molecule has 5 rings (SSSR count). The fourth-order valence-corrected chi connectivity index (χ4v) is 4.09. The molecular weight excluding hydrogens is 466 g/mol. The van der Waals surface area contributed by atoms with E-state index in [2.05, 4.69) is 0 Å². The van der Waals surface area contributed by atoms with Gasteiger partial charge in [0.05, 0.1) is 17.3 Å². The summed E-state index contributed by atoms with van der Waals surface area (Å²) in [5, 5.41) is 38.1. The lowest BCUT2D eigenvalue weighted by Gasteiger charge is -2.18. The van der Waals surface area contributed by atoms with Crippen LogP contribution in [0.2, 0.25) is 0 Å². The Morgan fingerprint density at radius 3 is 2.42 bits per heavy atom. The number of nitrogen functional groups attached to an aromatic ring is 1. The van der Waals surface area contributed by atoms with Crippen LogP contribution in [-0.2, 0) is 11.2 Å². The van der Waals surface area contributed by atoms with E-state index in [4.69, 9.17) is 20.4 Å². The Balaban J connectivity index is 1.67. The summed E-state index contributed by atoms with van der Waals surface area (Å²) in [7, 11) is 0. The van der Waals surface area contributed by atoms with Crippen LogP contribution in [0.15, 0.2) is 71.1 Å². The molecule has 1 aromatic heterocycles. The van der Waals surface area contributed by atoms with Gasteiger partial charge in [0.25, 0.3) is 0 Å². The summed E-state index contributed by atoms with van der Waals surface area (Å²) >= 11 is 0. The van der Waals surface area contributed by atoms with E-state index in [9.17, 15) is 24.9 Å². The molecule has 3 aromatic rings. The lowest BCUT2D eigenvalue weighted by molar-refractivity contribution is -0.144. The summed E-state index contributed by atoms with van der Waals surface area (Å²) in [5.41, 5.74) is 8.66. The van der Waals surface area contributed by atoms with Crippen molar-refractivity contribution in [3.63, 3.8) is 0 Å². The third kappa shape index (κ3) is 3.96. The van der Waals surface area contributed by atoms with Crippen LogP contribution >= 0.6 is 0 Å². The van der Waals surface area contributed by atoms with Gasteiger partial charge in [0.2, 0.25) is 11.8 Å². The second-order valence-corrected chi connectivity index (χ2v) is 8.11. The number of fused-ring (bicyclic) bond motifs is 2. The number of aromatic nitrogens is 1. The molecule has 0 saturated carbocycles. The number of carboxylic acids is 1. The molecule has 0 bridgehead atoms. The zero-order chi connectivity index (χ0) is 25.6. The van der Waals surface area contributed by atoms with Crippen molar-refractivity contribution in [2.24, 2.45) is 0 Å². The Labute approximate surface area is 202 Å². The largest absolute Gasteiger partial charge is 0.492 e. The quantitative estimate of drug-likeness (QED) is 0.186. The average Bonchev–Trinajstić information content (AvgIpc) is 3.14. The van der Waals surface area contributed by atoms with Crippen LogP contribution in [0.3, 0.4) is 0 Å². The Bertz CT molecular complexity index is 1680. The van der Waals surface area contributed by atoms with Gasteiger partial charge in [-0.3, -0.25) is 0 Å². The summed E-state index contributed by atoms with van der Waals surface area (Å²) in [5.74, 6) is -2.51. The number of carbonyl (C=O) groups excluding carboxylic acids is 1. The standard InChI is InChI=1S/C26H19N3O7/c27-14-2-5-17-20(11-14)35-21-12-15(28)3-6-18(21)25(17)19-9-13(1-4-16(19)26(33)34)10-24(32)36-29-22(30)7-8-23(29)31/h1-9,11-12,27,30-31H,10,28H2,(H,33,34). The van der Waals surface area contributed by atoms with E-state index in [-0.39, 0.29) is 17.3 Å². The molecule has 2 aromatic carbocycles. The molecule has 2 aliphatic rings. The predicted molar refractivity (Wildman–Crippen MR) is 129 cm³/mol. The number of hydrogen-bond acceptors (Lipinski definition) is 8. The summed E-state index contributed by atoms with van der Waals surface area (Å²) in [6, 6.07) is 16.6. The number of hydrogen-bond donors (Lipinski definition) is 5. The molecule has 0 atom stereocenters. The van der Waals surface area contributed by atoms with Crippen LogP contribution < -0.4 is 15.9 Å². The Morgan fingerprint density at radius 1 is 0.944 bits per heavy atom. The van der Waals surface area contributed by atoms with Gasteiger partial charge in [-0.05, 0) is 47.5 Å². The van der Waals surface area contributed by atoms with Crippen molar-refractivity contribution in [2.45, 2.75) is 6.42 Å². The molecule has 0 radical (unpaired) electrons. The fraction of sp³-hybridized carbons (Fsp3) is 0.0385. The number of aromatic hydroxyl groups is 2. The van der Waals surface area contributed by atoms with Crippen molar-refractivity contribution in [1.82, 2.24) is 4.73 Å². The second-order valence-electron chi connectivity index (χ2n) is 8.11. The highest BCUT2D eigenvalue weighted by Gasteiger charge is 2.23. The van der Waals surface area contributed by atoms with Gasteiger partial charge in [-0.25, -0.2) is 9.59 Å². The van der Waals surface area contributed by atoms with E-state index in [1.165, 1.54) is 18.2 Å². The number of aromatic carboxylic acids is 1. The highest BCUT2D eigenvalue weighted by atomic mass is 16.7. The number of rotatable bonds is 5. The molecule has 10 nitrogen and oxygen atoms in total. The minimum absolute atomic E-state index is 0.00612. The number of anilines is 1. The smallest absolute Gasteiger partial charge is 0.337 e. The summed E-state index contributed by atoms with van der Waals surface area (Å²) in [4.78, 5) is 29.7. The van der Waals surface area contributed by atoms with Gasteiger partial charge < -0.3 is 35.7 Å². The van der Waals surface area contributed by atoms with E-state index in [1.54, 1.807) is 36.4 Å². The van der Waals surface area contributed by atoms with Crippen LogP contribution in [-0.4, -0.2) is 32.0 Å². The minimum Gasteiger partial charge on any atom is -0.492 e. The van der Waals surface area contributed by atoms with E-state index >= 15 is 0 Å². The summed E-state index contributed by atoms with van der Waals surface area (Å²) in [6.07, 6.45) is -0.277. The van der Waals surface area contributed by atoms with E-state index in [0.29, 0.717) is 49.4 Å². The van der Waals surface area contributed by atoms with Gasteiger partial charge in [0.15, 0.2) is 0 Å². The maximum atomic E-state index is 12.5. The molecule has 2 heterocycles. The number of benzene rings is 3. The Kier molecular flexibility index (Phi) is 5.33. The zero-order valence-electron chi connectivity index (χ0n) is 18.6. The molecule has 1 aliphatic carbocycles. The molecule has 0 fully saturated rings. The summed E-state index contributed by atoms with van der Waals surface area (Å²) in [6.45, 7) is 0. The van der Waals surface area contributed by atoms with Gasteiger partial charge >= 0.3 is 11.9 Å². The minimum atomic E-state index is -1.17. The van der Waals surface area contributed by atoms with E-state index in [1.807, 2.05) is 0 Å². The molecule has 0 amide bonds. The zero-order valence-corrected chi connectivity index (χ0v) is 18.6. The summed E-state index contributed by atoms with van der Waals surface area (Å²) < 4.78 is 6.56. The molecule has 0 spiro atoms. The normalized spacial score (nSPS) is 11.1. The van der Waals surface area contributed by atoms with E-state index in [0.717, 1.165) is 12.1 Å². The van der Waals surface area contributed by atoms with Crippen LogP contribution in [0.4, 0.5) is 5.69 Å². The molecule has 10 heteroatoms. The highest BCUT2D eigenvalue weighted by Crippen LogP contribution is 2.42. The van der Waals surface area contributed by atoms with Crippen LogP contribution in [0.25, 0.3) is 33.4 Å². The van der Waals surface area contributed by atoms with Crippen LogP contribution in [0.5, 0.6) is 11.8 Å². The lowest BCUT2D eigenvalue weighted by Crippen LogP contribution is -2.21. The number of carbonyl (C=O) groups is 2. The molecule has 36 heavy (non-hydrogen) atoms. The first-order chi connectivity index (χ1) is 17.2. The van der Waals surface area contributed by atoms with Gasteiger partial charge in [-0.15, -0.1) is 4.73 Å². The third-order valence-corrected chi connectivity index (χ3v) is 5.67. The van der Waals surface area contributed by atoms with E-state index < -0.39 is 23.7 Å². The number of carboxylic acid groups (broad SMARTS) is 1. The predicted octanol–water partition coefficient (Wildman–Crippen LogP) is 3.38. The van der Waals surface area contributed by atoms with Crippen LogP contribution in [0.1, 0.15) is 15.9 Å². The Hall–Kier alpha value is -5.25. The Morgan fingerprint density at radius 2 is 1.69 bits per heavy atom. The molecule has 1 aliphatic heterocycles. The van der Waals surface area contributed by atoms with Crippen molar-refractivity contribution < 1.29 is 34.2 Å². The second kappa shape index (κ2) is 8.51. The monoisotopic (exact) mass is 485 g/mol. The van der Waals surface area contributed by atoms with Gasteiger partial charge in [-0.1, -0.05) is 6.07 Å². The first kappa shape index (κ1) is 22.5.